The van der Waals surface area contributed by atoms with Gasteiger partial charge in [0.1, 0.15) is 5.82 Å². The summed E-state index contributed by atoms with van der Waals surface area (Å²) in [4.78, 5) is 12.0. The first-order valence-corrected chi connectivity index (χ1v) is 6.17. The van der Waals surface area contributed by atoms with E-state index < -0.39 is 34.6 Å². The molecule has 0 radical (unpaired) electrons. The Morgan fingerprint density at radius 1 is 1.16 bits per heavy atom. The molecule has 1 aliphatic carbocycles. The van der Waals surface area contributed by atoms with Crippen molar-refractivity contribution in [2.45, 2.75) is 37.6 Å². The first kappa shape index (κ1) is 13.9. The summed E-state index contributed by atoms with van der Waals surface area (Å²) in [5, 5.41) is 2.18. The minimum absolute atomic E-state index is 0.420. The Hall–Kier alpha value is -1.56. The molecule has 1 amide bonds. The van der Waals surface area contributed by atoms with E-state index in [0.29, 0.717) is 18.9 Å². The molecule has 1 aromatic rings. The number of rotatable bonds is 2. The number of carbonyl (C=O) groups is 1. The highest BCUT2D eigenvalue weighted by atomic mass is 19.2. The number of carbonyl (C=O) groups excluding carboxylic acids is 1. The minimum Gasteiger partial charge on any atom is -0.322 e. The first-order chi connectivity index (χ1) is 8.92. The highest BCUT2D eigenvalue weighted by Gasteiger charge is 2.35. The molecule has 0 spiro atoms. The highest BCUT2D eigenvalue weighted by Crippen LogP contribution is 2.28. The van der Waals surface area contributed by atoms with Gasteiger partial charge in [0.05, 0.1) is 11.2 Å². The summed E-state index contributed by atoms with van der Waals surface area (Å²) in [6.07, 6.45) is 3.58. The zero-order valence-corrected chi connectivity index (χ0v) is 10.3. The van der Waals surface area contributed by atoms with E-state index in [1.807, 2.05) is 0 Å². The monoisotopic (exact) mass is 272 g/mol. The van der Waals surface area contributed by atoms with Crippen molar-refractivity contribution in [3.05, 3.63) is 29.6 Å². The number of hydrogen-bond acceptors (Lipinski definition) is 2. The maximum Gasteiger partial charge on any atom is 0.244 e. The van der Waals surface area contributed by atoms with E-state index in [1.165, 1.54) is 0 Å². The predicted molar refractivity (Wildman–Crippen MR) is 64.9 cm³/mol. The topological polar surface area (TPSA) is 55.1 Å². The lowest BCUT2D eigenvalue weighted by molar-refractivity contribution is -0.122. The second kappa shape index (κ2) is 5.21. The van der Waals surface area contributed by atoms with Gasteiger partial charge in [-0.2, -0.15) is 0 Å². The van der Waals surface area contributed by atoms with Crippen molar-refractivity contribution >= 4 is 11.6 Å². The van der Waals surface area contributed by atoms with Gasteiger partial charge in [-0.25, -0.2) is 13.2 Å². The summed E-state index contributed by atoms with van der Waals surface area (Å²) < 4.78 is 39.5. The summed E-state index contributed by atoms with van der Waals surface area (Å²) in [7, 11) is 0. The number of benzene rings is 1. The lowest BCUT2D eigenvalue weighted by atomic mass is 9.82. The van der Waals surface area contributed by atoms with Gasteiger partial charge in [0.15, 0.2) is 11.6 Å². The van der Waals surface area contributed by atoms with Crippen molar-refractivity contribution in [3.8, 4) is 0 Å². The van der Waals surface area contributed by atoms with Crippen LogP contribution in [-0.4, -0.2) is 11.4 Å². The fraction of sp³-hybridized carbons (Fsp3) is 0.462. The molecule has 1 saturated carbocycles. The molecule has 2 rings (SSSR count). The predicted octanol–water partition coefficient (Wildman–Crippen LogP) is 2.70. The smallest absolute Gasteiger partial charge is 0.244 e. The Bertz CT molecular complexity index is 499. The average molecular weight is 272 g/mol. The fourth-order valence-electron chi connectivity index (χ4n) is 2.30. The number of nitrogens with two attached hydrogens (primary N) is 1. The van der Waals surface area contributed by atoms with E-state index in [4.69, 9.17) is 5.73 Å². The Morgan fingerprint density at radius 3 is 2.42 bits per heavy atom. The molecule has 1 fully saturated rings. The third-order valence-electron chi connectivity index (χ3n) is 3.44. The summed E-state index contributed by atoms with van der Waals surface area (Å²) in [6, 6.07) is 1.16. The Morgan fingerprint density at radius 2 is 1.79 bits per heavy atom. The van der Waals surface area contributed by atoms with Gasteiger partial charge in [-0.1, -0.05) is 19.3 Å². The molecule has 0 heterocycles. The van der Waals surface area contributed by atoms with Crippen LogP contribution in [0.5, 0.6) is 0 Å². The number of hydrogen-bond donors (Lipinski definition) is 2. The van der Waals surface area contributed by atoms with Crippen molar-refractivity contribution < 1.29 is 18.0 Å². The molecule has 19 heavy (non-hydrogen) atoms. The maximum absolute atomic E-state index is 13.4. The van der Waals surface area contributed by atoms with Gasteiger partial charge in [0.25, 0.3) is 0 Å². The van der Waals surface area contributed by atoms with Gasteiger partial charge in [0.2, 0.25) is 5.91 Å². The van der Waals surface area contributed by atoms with Crippen LogP contribution in [0, 0.1) is 17.5 Å². The van der Waals surface area contributed by atoms with Crippen molar-refractivity contribution in [1.29, 1.82) is 0 Å². The van der Waals surface area contributed by atoms with Crippen LogP contribution in [0.25, 0.3) is 0 Å². The molecule has 3 N–H and O–H groups in total. The molecule has 0 bridgehead atoms. The molecule has 6 heteroatoms. The normalized spacial score (nSPS) is 18.1. The van der Waals surface area contributed by atoms with E-state index in [0.717, 1.165) is 25.3 Å². The fourth-order valence-corrected chi connectivity index (χ4v) is 2.30. The number of halogens is 3. The van der Waals surface area contributed by atoms with E-state index >= 15 is 0 Å². The Balaban J connectivity index is 2.19. The lowest BCUT2D eigenvalue weighted by Crippen LogP contribution is -2.52. The van der Waals surface area contributed by atoms with Crippen LogP contribution in [0.4, 0.5) is 18.9 Å². The molecule has 3 nitrogen and oxygen atoms in total. The van der Waals surface area contributed by atoms with Gasteiger partial charge in [0, 0.05) is 12.1 Å². The molecule has 0 atom stereocenters. The summed E-state index contributed by atoms with van der Waals surface area (Å²) in [6.45, 7) is 0. The summed E-state index contributed by atoms with van der Waals surface area (Å²) in [5.74, 6) is -4.18. The van der Waals surface area contributed by atoms with Gasteiger partial charge in [-0.05, 0) is 12.8 Å². The van der Waals surface area contributed by atoms with Crippen molar-refractivity contribution in [2.75, 3.05) is 5.32 Å². The lowest BCUT2D eigenvalue weighted by Gasteiger charge is -2.31. The quantitative estimate of drug-likeness (QED) is 0.813. The van der Waals surface area contributed by atoms with Gasteiger partial charge < -0.3 is 11.1 Å². The van der Waals surface area contributed by atoms with Crippen molar-refractivity contribution in [2.24, 2.45) is 5.73 Å². The average Bonchev–Trinajstić information content (AvgIpc) is 2.36. The van der Waals surface area contributed by atoms with Crippen LogP contribution in [0.1, 0.15) is 32.1 Å². The highest BCUT2D eigenvalue weighted by molar-refractivity contribution is 5.98. The molecule has 0 aliphatic heterocycles. The second-order valence-corrected chi connectivity index (χ2v) is 4.92. The maximum atomic E-state index is 13.4. The van der Waals surface area contributed by atoms with Gasteiger partial charge in [-0.15, -0.1) is 0 Å². The molecule has 1 aromatic carbocycles. The largest absolute Gasteiger partial charge is 0.322 e. The van der Waals surface area contributed by atoms with Gasteiger partial charge in [-0.3, -0.25) is 4.79 Å². The molecule has 0 aromatic heterocycles. The summed E-state index contributed by atoms with van der Waals surface area (Å²) in [5.41, 5.74) is 4.35. The van der Waals surface area contributed by atoms with Crippen molar-refractivity contribution in [3.63, 3.8) is 0 Å². The van der Waals surface area contributed by atoms with Crippen LogP contribution in [0.3, 0.4) is 0 Å². The SMILES string of the molecule is NC1(C(=O)Nc2cc(F)cc(F)c2F)CCCCC1. The van der Waals surface area contributed by atoms with Crippen LogP contribution in [-0.2, 0) is 4.79 Å². The third-order valence-corrected chi connectivity index (χ3v) is 3.44. The molecule has 104 valence electrons. The molecular weight excluding hydrogens is 257 g/mol. The van der Waals surface area contributed by atoms with Crippen LogP contribution in [0.15, 0.2) is 12.1 Å². The Kier molecular flexibility index (Phi) is 3.80. The zero-order valence-electron chi connectivity index (χ0n) is 10.3. The van der Waals surface area contributed by atoms with Crippen LogP contribution >= 0.6 is 0 Å². The number of nitrogens with one attached hydrogen (secondary N) is 1. The first-order valence-electron chi connectivity index (χ1n) is 6.17. The van der Waals surface area contributed by atoms with E-state index in [-0.39, 0.29) is 0 Å². The van der Waals surface area contributed by atoms with E-state index in [1.54, 1.807) is 0 Å². The van der Waals surface area contributed by atoms with Crippen LogP contribution in [0.2, 0.25) is 0 Å². The third kappa shape index (κ3) is 2.89. The molecular formula is C13H15F3N2O. The molecule has 1 aliphatic rings. The molecule has 0 saturated heterocycles. The van der Waals surface area contributed by atoms with Gasteiger partial charge >= 0.3 is 0 Å². The standard InChI is InChI=1S/C13H15F3N2O/c14-8-6-9(15)11(16)10(7-8)18-12(19)13(17)4-2-1-3-5-13/h6-7H,1-5,17H2,(H,18,19). The molecule has 0 unspecified atom stereocenters. The minimum atomic E-state index is -1.34. The summed E-state index contributed by atoms with van der Waals surface area (Å²) >= 11 is 0. The Labute approximate surface area is 109 Å². The number of amides is 1. The zero-order chi connectivity index (χ0) is 14.0. The second-order valence-electron chi connectivity index (χ2n) is 4.92. The number of anilines is 1. The van der Waals surface area contributed by atoms with E-state index in [9.17, 15) is 18.0 Å². The van der Waals surface area contributed by atoms with Crippen LogP contribution < -0.4 is 11.1 Å². The van der Waals surface area contributed by atoms with Crippen molar-refractivity contribution in [1.82, 2.24) is 0 Å². The van der Waals surface area contributed by atoms with E-state index in [2.05, 4.69) is 5.32 Å².